The number of carbonyl (C=O) groups is 1. The molecule has 1 aromatic heterocycles. The molecule has 0 aliphatic rings. The predicted molar refractivity (Wildman–Crippen MR) is 81.8 cm³/mol. The van der Waals surface area contributed by atoms with Crippen LogP contribution in [0.3, 0.4) is 0 Å². The van der Waals surface area contributed by atoms with E-state index in [4.69, 9.17) is 4.74 Å². The van der Waals surface area contributed by atoms with Gasteiger partial charge in [-0.05, 0) is 25.1 Å². The number of benzene rings is 2. The molecule has 0 bridgehead atoms. The number of para-hydroxylation sites is 3. The molecule has 21 heavy (non-hydrogen) atoms. The van der Waals surface area contributed by atoms with Crippen LogP contribution in [0.1, 0.15) is 6.92 Å². The lowest BCUT2D eigenvalue weighted by atomic mass is 10.2. The molecule has 5 heteroatoms. The standard InChI is InChI=1S/C16H15N3O2/c1-2-21-15-10-6-4-8-13(15)18-16(20)19-14-9-5-3-7-12(14)11-17-19/h3-11H,2H2,1H3,(H,18,20). The van der Waals surface area contributed by atoms with E-state index in [-0.39, 0.29) is 6.03 Å². The van der Waals surface area contributed by atoms with Crippen LogP contribution in [-0.4, -0.2) is 22.4 Å². The summed E-state index contributed by atoms with van der Waals surface area (Å²) < 4.78 is 6.84. The minimum atomic E-state index is -0.316. The summed E-state index contributed by atoms with van der Waals surface area (Å²) in [6.07, 6.45) is 1.67. The van der Waals surface area contributed by atoms with Crippen molar-refractivity contribution >= 4 is 22.6 Å². The second kappa shape index (κ2) is 5.66. The molecule has 106 valence electrons. The molecule has 0 radical (unpaired) electrons. The molecular weight excluding hydrogens is 266 g/mol. The van der Waals surface area contributed by atoms with Gasteiger partial charge in [0.05, 0.1) is 24.0 Å². The molecule has 3 aromatic rings. The fourth-order valence-electron chi connectivity index (χ4n) is 2.15. The van der Waals surface area contributed by atoms with Gasteiger partial charge in [-0.15, -0.1) is 0 Å². The van der Waals surface area contributed by atoms with Crippen molar-refractivity contribution in [2.45, 2.75) is 6.92 Å². The highest BCUT2D eigenvalue weighted by Gasteiger charge is 2.12. The van der Waals surface area contributed by atoms with Crippen molar-refractivity contribution < 1.29 is 9.53 Å². The Hall–Kier alpha value is -2.82. The van der Waals surface area contributed by atoms with Gasteiger partial charge in [0.1, 0.15) is 5.75 Å². The van der Waals surface area contributed by atoms with Gasteiger partial charge in [-0.3, -0.25) is 0 Å². The van der Waals surface area contributed by atoms with Crippen LogP contribution in [0.5, 0.6) is 5.75 Å². The Labute approximate surface area is 122 Å². The topological polar surface area (TPSA) is 56.1 Å². The molecule has 0 spiro atoms. The van der Waals surface area contributed by atoms with Gasteiger partial charge in [-0.1, -0.05) is 30.3 Å². The van der Waals surface area contributed by atoms with Crippen molar-refractivity contribution in [3.8, 4) is 5.75 Å². The van der Waals surface area contributed by atoms with Crippen LogP contribution in [0.25, 0.3) is 10.9 Å². The van der Waals surface area contributed by atoms with Crippen LogP contribution < -0.4 is 10.1 Å². The molecule has 0 atom stereocenters. The lowest BCUT2D eigenvalue weighted by Gasteiger charge is -2.11. The van der Waals surface area contributed by atoms with Gasteiger partial charge in [0, 0.05) is 5.39 Å². The first kappa shape index (κ1) is 13.2. The summed E-state index contributed by atoms with van der Waals surface area (Å²) in [5.41, 5.74) is 1.40. The molecular formula is C16H15N3O2. The molecule has 5 nitrogen and oxygen atoms in total. The van der Waals surface area contributed by atoms with Gasteiger partial charge in [-0.25, -0.2) is 4.79 Å². The number of carbonyl (C=O) groups excluding carboxylic acids is 1. The smallest absolute Gasteiger partial charge is 0.347 e. The summed E-state index contributed by atoms with van der Waals surface area (Å²) in [7, 11) is 0. The maximum Gasteiger partial charge on any atom is 0.347 e. The first-order valence-electron chi connectivity index (χ1n) is 6.75. The highest BCUT2D eigenvalue weighted by molar-refractivity contribution is 5.97. The zero-order valence-electron chi connectivity index (χ0n) is 11.6. The van der Waals surface area contributed by atoms with Crippen LogP contribution in [0.4, 0.5) is 10.5 Å². The van der Waals surface area contributed by atoms with Gasteiger partial charge < -0.3 is 10.1 Å². The summed E-state index contributed by atoms with van der Waals surface area (Å²) in [6, 6.07) is 14.6. The van der Waals surface area contributed by atoms with Gasteiger partial charge in [0.15, 0.2) is 0 Å². The molecule has 0 saturated carbocycles. The maximum atomic E-state index is 12.4. The number of amides is 1. The molecule has 1 heterocycles. The van der Waals surface area contributed by atoms with Crippen molar-refractivity contribution in [1.29, 1.82) is 0 Å². The highest BCUT2D eigenvalue weighted by atomic mass is 16.5. The van der Waals surface area contributed by atoms with Crippen molar-refractivity contribution in [1.82, 2.24) is 9.78 Å². The molecule has 0 saturated heterocycles. The number of nitrogens with zero attached hydrogens (tertiary/aromatic N) is 2. The Morgan fingerprint density at radius 2 is 1.95 bits per heavy atom. The van der Waals surface area contributed by atoms with Crippen molar-refractivity contribution in [3.05, 3.63) is 54.7 Å². The zero-order valence-corrected chi connectivity index (χ0v) is 11.6. The van der Waals surface area contributed by atoms with Crippen molar-refractivity contribution in [3.63, 3.8) is 0 Å². The third kappa shape index (κ3) is 2.58. The van der Waals surface area contributed by atoms with E-state index in [0.717, 1.165) is 10.9 Å². The lowest BCUT2D eigenvalue weighted by molar-refractivity contribution is 0.251. The monoisotopic (exact) mass is 281 g/mol. The van der Waals surface area contributed by atoms with E-state index in [2.05, 4.69) is 10.4 Å². The highest BCUT2D eigenvalue weighted by Crippen LogP contribution is 2.24. The molecule has 0 aliphatic heterocycles. The van der Waals surface area contributed by atoms with E-state index >= 15 is 0 Å². The van der Waals surface area contributed by atoms with E-state index in [1.54, 1.807) is 12.3 Å². The van der Waals surface area contributed by atoms with Crippen LogP contribution in [0, 0.1) is 0 Å². The van der Waals surface area contributed by atoms with Gasteiger partial charge in [-0.2, -0.15) is 9.78 Å². The number of ether oxygens (including phenoxy) is 1. The second-order valence-corrected chi connectivity index (χ2v) is 4.47. The van der Waals surface area contributed by atoms with E-state index in [0.29, 0.717) is 18.0 Å². The number of anilines is 1. The van der Waals surface area contributed by atoms with Gasteiger partial charge in [0.25, 0.3) is 0 Å². The van der Waals surface area contributed by atoms with Gasteiger partial charge >= 0.3 is 6.03 Å². The quantitative estimate of drug-likeness (QED) is 0.799. The fraction of sp³-hybridized carbons (Fsp3) is 0.125. The number of rotatable bonds is 3. The Bertz CT molecular complexity index is 780. The second-order valence-electron chi connectivity index (χ2n) is 4.47. The predicted octanol–water partition coefficient (Wildman–Crippen LogP) is 3.52. The van der Waals surface area contributed by atoms with Crippen LogP contribution in [-0.2, 0) is 0 Å². The molecule has 1 N–H and O–H groups in total. The third-order valence-corrected chi connectivity index (χ3v) is 3.10. The molecule has 1 amide bonds. The minimum Gasteiger partial charge on any atom is -0.492 e. The van der Waals surface area contributed by atoms with Gasteiger partial charge in [0.2, 0.25) is 0 Å². The normalized spacial score (nSPS) is 10.5. The lowest BCUT2D eigenvalue weighted by Crippen LogP contribution is -2.20. The largest absolute Gasteiger partial charge is 0.492 e. The van der Waals surface area contributed by atoms with Crippen LogP contribution in [0.15, 0.2) is 54.7 Å². The SMILES string of the molecule is CCOc1ccccc1NC(=O)n1ncc2ccccc21. The summed E-state index contributed by atoms with van der Waals surface area (Å²) in [5.74, 6) is 0.643. The Morgan fingerprint density at radius 1 is 1.19 bits per heavy atom. The Morgan fingerprint density at radius 3 is 2.81 bits per heavy atom. The summed E-state index contributed by atoms with van der Waals surface area (Å²) in [6.45, 7) is 2.44. The van der Waals surface area contributed by atoms with Crippen LogP contribution >= 0.6 is 0 Å². The number of nitrogens with one attached hydrogen (secondary N) is 1. The minimum absolute atomic E-state index is 0.316. The summed E-state index contributed by atoms with van der Waals surface area (Å²) in [5, 5.41) is 7.88. The third-order valence-electron chi connectivity index (χ3n) is 3.10. The first-order chi connectivity index (χ1) is 10.3. The number of fused-ring (bicyclic) bond motifs is 1. The van der Waals surface area contributed by atoms with Crippen molar-refractivity contribution in [2.75, 3.05) is 11.9 Å². The van der Waals surface area contributed by atoms with Crippen LogP contribution in [0.2, 0.25) is 0 Å². The summed E-state index contributed by atoms with van der Waals surface area (Å²) in [4.78, 5) is 12.4. The fourth-order valence-corrected chi connectivity index (χ4v) is 2.15. The summed E-state index contributed by atoms with van der Waals surface area (Å²) >= 11 is 0. The van der Waals surface area contributed by atoms with E-state index < -0.39 is 0 Å². The van der Waals surface area contributed by atoms with E-state index in [9.17, 15) is 4.79 Å². The average Bonchev–Trinajstić information content (AvgIpc) is 2.93. The zero-order chi connectivity index (χ0) is 14.7. The van der Waals surface area contributed by atoms with Crippen molar-refractivity contribution in [2.24, 2.45) is 0 Å². The number of aromatic nitrogens is 2. The average molecular weight is 281 g/mol. The molecule has 2 aromatic carbocycles. The molecule has 0 aliphatic carbocycles. The molecule has 0 fully saturated rings. The van der Waals surface area contributed by atoms with E-state index in [1.807, 2.05) is 49.4 Å². The maximum absolute atomic E-state index is 12.4. The molecule has 0 unspecified atom stereocenters. The molecule has 3 rings (SSSR count). The van der Waals surface area contributed by atoms with E-state index in [1.165, 1.54) is 4.68 Å². The first-order valence-corrected chi connectivity index (χ1v) is 6.75. The Balaban J connectivity index is 1.90. The number of hydrogen-bond acceptors (Lipinski definition) is 3. The Kier molecular flexibility index (Phi) is 3.55. The number of hydrogen-bond donors (Lipinski definition) is 1.